The van der Waals surface area contributed by atoms with Gasteiger partial charge in [0.15, 0.2) is 0 Å². The second-order valence-corrected chi connectivity index (χ2v) is 7.52. The summed E-state index contributed by atoms with van der Waals surface area (Å²) in [6.45, 7) is 1.38. The SMILES string of the molecule is O=C(N/N=C/c1ccc(Cl)cc1Cl)c1ccc2c(c1)CN(c1ccc(F)cc1)C2. The van der Waals surface area contributed by atoms with E-state index in [1.807, 2.05) is 12.1 Å². The number of benzene rings is 3. The molecule has 1 aliphatic rings. The minimum absolute atomic E-state index is 0.259. The molecule has 4 nitrogen and oxygen atoms in total. The van der Waals surface area contributed by atoms with Crippen LogP contribution in [0, 0.1) is 5.82 Å². The van der Waals surface area contributed by atoms with Gasteiger partial charge in [0.2, 0.25) is 0 Å². The number of nitrogens with one attached hydrogen (secondary N) is 1. The number of hydrogen-bond donors (Lipinski definition) is 1. The Kier molecular flexibility index (Phi) is 5.51. The van der Waals surface area contributed by atoms with E-state index in [2.05, 4.69) is 15.4 Å². The maximum atomic E-state index is 13.1. The molecule has 1 heterocycles. The van der Waals surface area contributed by atoms with Crippen molar-refractivity contribution in [3.8, 4) is 0 Å². The molecule has 1 amide bonds. The van der Waals surface area contributed by atoms with Crippen LogP contribution in [0.5, 0.6) is 0 Å². The van der Waals surface area contributed by atoms with Crippen LogP contribution < -0.4 is 10.3 Å². The first-order valence-corrected chi connectivity index (χ1v) is 9.66. The first-order chi connectivity index (χ1) is 14.0. The van der Waals surface area contributed by atoms with Gasteiger partial charge in [-0.15, -0.1) is 0 Å². The van der Waals surface area contributed by atoms with Crippen molar-refractivity contribution >= 4 is 41.0 Å². The fourth-order valence-corrected chi connectivity index (χ4v) is 3.66. The van der Waals surface area contributed by atoms with E-state index in [-0.39, 0.29) is 11.7 Å². The monoisotopic (exact) mass is 427 g/mol. The molecule has 3 aromatic rings. The van der Waals surface area contributed by atoms with E-state index in [0.29, 0.717) is 27.7 Å². The summed E-state index contributed by atoms with van der Waals surface area (Å²) < 4.78 is 13.1. The number of amides is 1. The van der Waals surface area contributed by atoms with Crippen LogP contribution in [0.3, 0.4) is 0 Å². The molecule has 7 heteroatoms. The smallest absolute Gasteiger partial charge is 0.271 e. The number of halogens is 3. The Morgan fingerprint density at radius 3 is 2.52 bits per heavy atom. The molecule has 0 aromatic heterocycles. The van der Waals surface area contributed by atoms with E-state index in [0.717, 1.165) is 23.4 Å². The minimum atomic E-state index is -0.311. The van der Waals surface area contributed by atoms with Crippen molar-refractivity contribution in [2.45, 2.75) is 13.1 Å². The van der Waals surface area contributed by atoms with Gasteiger partial charge in [-0.25, -0.2) is 9.82 Å². The van der Waals surface area contributed by atoms with Crippen LogP contribution in [-0.2, 0) is 13.1 Å². The molecular formula is C22H16Cl2FN3O. The van der Waals surface area contributed by atoms with Gasteiger partial charge in [0, 0.05) is 34.9 Å². The van der Waals surface area contributed by atoms with E-state index < -0.39 is 0 Å². The zero-order chi connectivity index (χ0) is 20.4. The van der Waals surface area contributed by atoms with Crippen molar-refractivity contribution in [2.75, 3.05) is 4.90 Å². The van der Waals surface area contributed by atoms with Crippen molar-refractivity contribution in [2.24, 2.45) is 5.10 Å². The van der Waals surface area contributed by atoms with Crippen LogP contribution in [0.25, 0.3) is 0 Å². The molecule has 1 N–H and O–H groups in total. The molecule has 0 aliphatic carbocycles. The molecule has 0 saturated heterocycles. The second-order valence-electron chi connectivity index (χ2n) is 6.68. The Hall–Kier alpha value is -2.89. The van der Waals surface area contributed by atoms with Gasteiger partial charge < -0.3 is 4.90 Å². The molecule has 0 saturated carbocycles. The highest BCUT2D eigenvalue weighted by Gasteiger charge is 2.20. The van der Waals surface area contributed by atoms with E-state index in [1.165, 1.54) is 18.3 Å². The molecule has 0 radical (unpaired) electrons. The fraction of sp³-hybridized carbons (Fsp3) is 0.0909. The van der Waals surface area contributed by atoms with Gasteiger partial charge in [-0.3, -0.25) is 4.79 Å². The largest absolute Gasteiger partial charge is 0.363 e. The maximum Gasteiger partial charge on any atom is 0.271 e. The standard InChI is InChI=1S/C22H16Cl2FN3O/c23-18-4-3-15(21(24)10-18)11-26-27-22(29)14-1-2-16-12-28(13-17(16)9-14)20-7-5-19(25)6-8-20/h1-11H,12-13H2,(H,27,29)/b26-11+. The van der Waals surface area contributed by atoms with Gasteiger partial charge in [0.1, 0.15) is 5.82 Å². The Morgan fingerprint density at radius 2 is 1.76 bits per heavy atom. The first kappa shape index (κ1) is 19.4. The van der Waals surface area contributed by atoms with Gasteiger partial charge in [0.25, 0.3) is 5.91 Å². The molecule has 29 heavy (non-hydrogen) atoms. The summed E-state index contributed by atoms with van der Waals surface area (Å²) in [7, 11) is 0. The summed E-state index contributed by atoms with van der Waals surface area (Å²) in [5.74, 6) is -0.570. The van der Waals surface area contributed by atoms with Crippen LogP contribution in [0.2, 0.25) is 10.0 Å². The van der Waals surface area contributed by atoms with E-state index in [9.17, 15) is 9.18 Å². The molecular weight excluding hydrogens is 412 g/mol. The highest BCUT2D eigenvalue weighted by molar-refractivity contribution is 6.36. The van der Waals surface area contributed by atoms with Crippen molar-refractivity contribution in [1.29, 1.82) is 0 Å². The Balaban J connectivity index is 1.43. The van der Waals surface area contributed by atoms with Gasteiger partial charge in [-0.1, -0.05) is 35.3 Å². The summed E-state index contributed by atoms with van der Waals surface area (Å²) in [6.07, 6.45) is 1.47. The van der Waals surface area contributed by atoms with Gasteiger partial charge >= 0.3 is 0 Å². The Morgan fingerprint density at radius 1 is 1.00 bits per heavy atom. The summed E-state index contributed by atoms with van der Waals surface area (Å²) >= 11 is 12.0. The quantitative estimate of drug-likeness (QED) is 0.446. The van der Waals surface area contributed by atoms with Gasteiger partial charge in [-0.2, -0.15) is 5.10 Å². The lowest BCUT2D eigenvalue weighted by Crippen LogP contribution is -2.18. The predicted octanol–water partition coefficient (Wildman–Crippen LogP) is 5.42. The summed E-state index contributed by atoms with van der Waals surface area (Å²) in [6, 6.07) is 17.0. The number of hydrazone groups is 1. The van der Waals surface area contributed by atoms with E-state index in [4.69, 9.17) is 23.2 Å². The lowest BCUT2D eigenvalue weighted by atomic mass is 10.1. The number of nitrogens with zero attached hydrogens (tertiary/aromatic N) is 2. The number of rotatable bonds is 4. The molecule has 0 atom stereocenters. The summed E-state index contributed by atoms with van der Waals surface area (Å²) in [5, 5.41) is 4.96. The number of fused-ring (bicyclic) bond motifs is 1. The molecule has 1 aliphatic heterocycles. The van der Waals surface area contributed by atoms with Gasteiger partial charge in [-0.05, 0) is 59.7 Å². The molecule has 4 rings (SSSR count). The second kappa shape index (κ2) is 8.23. The average molecular weight is 428 g/mol. The maximum absolute atomic E-state index is 13.1. The topological polar surface area (TPSA) is 44.7 Å². The molecule has 0 fully saturated rings. The lowest BCUT2D eigenvalue weighted by Gasteiger charge is -2.17. The minimum Gasteiger partial charge on any atom is -0.363 e. The fourth-order valence-electron chi connectivity index (χ4n) is 3.20. The number of anilines is 1. The summed E-state index contributed by atoms with van der Waals surface area (Å²) in [4.78, 5) is 14.6. The Bertz CT molecular complexity index is 1100. The Labute approximate surface area is 177 Å². The molecule has 146 valence electrons. The van der Waals surface area contributed by atoms with Crippen LogP contribution >= 0.6 is 23.2 Å². The van der Waals surface area contributed by atoms with Crippen molar-refractivity contribution < 1.29 is 9.18 Å². The lowest BCUT2D eigenvalue weighted by molar-refractivity contribution is 0.0955. The van der Waals surface area contributed by atoms with E-state index in [1.54, 1.807) is 36.4 Å². The molecule has 0 bridgehead atoms. The molecule has 0 unspecified atom stereocenters. The highest BCUT2D eigenvalue weighted by Crippen LogP contribution is 2.29. The third kappa shape index (κ3) is 4.42. The highest BCUT2D eigenvalue weighted by atomic mass is 35.5. The third-order valence-electron chi connectivity index (χ3n) is 4.71. The predicted molar refractivity (Wildman–Crippen MR) is 114 cm³/mol. The van der Waals surface area contributed by atoms with Crippen LogP contribution in [0.15, 0.2) is 65.8 Å². The molecule has 0 spiro atoms. The molecule has 3 aromatic carbocycles. The van der Waals surface area contributed by atoms with Crippen LogP contribution in [0.4, 0.5) is 10.1 Å². The van der Waals surface area contributed by atoms with E-state index >= 15 is 0 Å². The first-order valence-electron chi connectivity index (χ1n) is 8.90. The number of hydrogen-bond acceptors (Lipinski definition) is 3. The van der Waals surface area contributed by atoms with Crippen molar-refractivity contribution in [1.82, 2.24) is 5.43 Å². The summed E-state index contributed by atoms with van der Waals surface area (Å²) in [5.41, 5.74) is 6.83. The number of carbonyl (C=O) groups is 1. The van der Waals surface area contributed by atoms with Gasteiger partial charge in [0.05, 0.1) is 11.2 Å². The third-order valence-corrected chi connectivity index (χ3v) is 5.28. The van der Waals surface area contributed by atoms with Crippen molar-refractivity contribution in [3.63, 3.8) is 0 Å². The van der Waals surface area contributed by atoms with Crippen molar-refractivity contribution in [3.05, 3.63) is 98.8 Å². The number of carbonyl (C=O) groups excluding carboxylic acids is 1. The zero-order valence-electron chi connectivity index (χ0n) is 15.2. The zero-order valence-corrected chi connectivity index (χ0v) is 16.7. The van der Waals surface area contributed by atoms with Crippen LogP contribution in [0.1, 0.15) is 27.0 Å². The average Bonchev–Trinajstić information content (AvgIpc) is 3.13. The van der Waals surface area contributed by atoms with Crippen LogP contribution in [-0.4, -0.2) is 12.1 Å². The normalized spacial score (nSPS) is 13.0.